The van der Waals surface area contributed by atoms with Crippen LogP contribution in [0.5, 0.6) is 0 Å². The normalized spacial score (nSPS) is 22.6. The van der Waals surface area contributed by atoms with E-state index in [4.69, 9.17) is 4.74 Å². The number of carboxylic acids is 1. The molecule has 1 aliphatic rings. The fourth-order valence-corrected chi connectivity index (χ4v) is 2.76. The summed E-state index contributed by atoms with van der Waals surface area (Å²) in [5, 5.41) is 9.33. The summed E-state index contributed by atoms with van der Waals surface area (Å²) < 4.78 is 5.38. The quantitative estimate of drug-likeness (QED) is 0.757. The molecular formula is C11H20O3. The Morgan fingerprint density at radius 2 is 1.86 bits per heavy atom. The number of ether oxygens (including phenoxy) is 1. The van der Waals surface area contributed by atoms with Crippen LogP contribution in [0.4, 0.5) is 0 Å². The second-order valence-electron chi connectivity index (χ2n) is 4.57. The van der Waals surface area contributed by atoms with E-state index in [1.165, 1.54) is 0 Å². The Hall–Kier alpha value is -0.570. The monoisotopic (exact) mass is 200 g/mol. The molecule has 0 bridgehead atoms. The van der Waals surface area contributed by atoms with Crippen molar-refractivity contribution >= 4 is 5.97 Å². The van der Waals surface area contributed by atoms with E-state index in [1.807, 2.05) is 13.8 Å². The van der Waals surface area contributed by atoms with Gasteiger partial charge in [-0.15, -0.1) is 0 Å². The predicted molar refractivity (Wildman–Crippen MR) is 54.2 cm³/mol. The van der Waals surface area contributed by atoms with Gasteiger partial charge < -0.3 is 9.84 Å². The van der Waals surface area contributed by atoms with Crippen LogP contribution in [0.2, 0.25) is 0 Å². The van der Waals surface area contributed by atoms with Crippen LogP contribution in [0.3, 0.4) is 0 Å². The van der Waals surface area contributed by atoms with Crippen LogP contribution in [0.25, 0.3) is 0 Å². The third kappa shape index (κ3) is 1.78. The number of aliphatic carboxylic acids is 1. The van der Waals surface area contributed by atoms with Crippen LogP contribution in [-0.4, -0.2) is 24.3 Å². The highest BCUT2D eigenvalue weighted by Crippen LogP contribution is 2.44. The molecule has 1 saturated carbocycles. The fourth-order valence-electron chi connectivity index (χ4n) is 2.76. The van der Waals surface area contributed by atoms with Crippen molar-refractivity contribution in [2.24, 2.45) is 11.3 Å². The number of rotatable bonds is 4. The average molecular weight is 200 g/mol. The number of hydrogen-bond acceptors (Lipinski definition) is 2. The summed E-state index contributed by atoms with van der Waals surface area (Å²) in [4.78, 5) is 11.3. The van der Waals surface area contributed by atoms with Gasteiger partial charge in [0.1, 0.15) is 0 Å². The van der Waals surface area contributed by atoms with Crippen LogP contribution in [0.15, 0.2) is 0 Å². The molecule has 1 rings (SSSR count). The van der Waals surface area contributed by atoms with E-state index in [-0.39, 0.29) is 12.0 Å². The van der Waals surface area contributed by atoms with Gasteiger partial charge in [0.25, 0.3) is 0 Å². The molecule has 0 radical (unpaired) electrons. The average Bonchev–Trinajstić information content (AvgIpc) is 2.54. The van der Waals surface area contributed by atoms with E-state index in [0.29, 0.717) is 0 Å². The van der Waals surface area contributed by atoms with Crippen LogP contribution in [0.1, 0.15) is 39.5 Å². The summed E-state index contributed by atoms with van der Waals surface area (Å²) in [5.41, 5.74) is -0.622. The minimum atomic E-state index is -0.685. The Morgan fingerprint density at radius 1 is 1.36 bits per heavy atom. The number of methoxy groups -OCH3 is 1. The van der Waals surface area contributed by atoms with Crippen molar-refractivity contribution in [3.63, 3.8) is 0 Å². The first-order valence-electron chi connectivity index (χ1n) is 5.31. The highest BCUT2D eigenvalue weighted by atomic mass is 16.5. The minimum absolute atomic E-state index is 0.150. The Kier molecular flexibility index (Phi) is 3.53. The lowest BCUT2D eigenvalue weighted by Gasteiger charge is -2.35. The minimum Gasteiger partial charge on any atom is -0.481 e. The third-order valence-electron chi connectivity index (χ3n) is 3.33. The van der Waals surface area contributed by atoms with Crippen molar-refractivity contribution in [2.45, 2.75) is 45.6 Å². The van der Waals surface area contributed by atoms with Crippen LogP contribution < -0.4 is 0 Å². The van der Waals surface area contributed by atoms with Crippen molar-refractivity contribution in [2.75, 3.05) is 7.11 Å². The first-order chi connectivity index (χ1) is 6.54. The van der Waals surface area contributed by atoms with E-state index < -0.39 is 11.4 Å². The van der Waals surface area contributed by atoms with Crippen molar-refractivity contribution in [1.29, 1.82) is 0 Å². The van der Waals surface area contributed by atoms with Gasteiger partial charge >= 0.3 is 5.97 Å². The van der Waals surface area contributed by atoms with Crippen molar-refractivity contribution < 1.29 is 14.6 Å². The van der Waals surface area contributed by atoms with Crippen molar-refractivity contribution in [3.05, 3.63) is 0 Å². The first kappa shape index (κ1) is 11.5. The maximum absolute atomic E-state index is 11.3. The van der Waals surface area contributed by atoms with E-state index in [1.54, 1.807) is 7.11 Å². The highest BCUT2D eigenvalue weighted by molar-refractivity contribution is 5.76. The molecule has 0 amide bonds. The molecule has 0 heterocycles. The van der Waals surface area contributed by atoms with Gasteiger partial charge in [-0.3, -0.25) is 4.79 Å². The largest absolute Gasteiger partial charge is 0.481 e. The molecule has 1 aliphatic carbocycles. The van der Waals surface area contributed by atoms with E-state index >= 15 is 0 Å². The van der Waals surface area contributed by atoms with E-state index in [2.05, 4.69) is 0 Å². The second-order valence-corrected chi connectivity index (χ2v) is 4.57. The lowest BCUT2D eigenvalue weighted by Crippen LogP contribution is -2.44. The molecule has 0 aromatic carbocycles. The summed E-state index contributed by atoms with van der Waals surface area (Å²) in [6.45, 7) is 4.05. The topological polar surface area (TPSA) is 46.5 Å². The Bertz CT molecular complexity index is 205. The van der Waals surface area contributed by atoms with Gasteiger partial charge in [-0.05, 0) is 18.8 Å². The van der Waals surface area contributed by atoms with Crippen molar-refractivity contribution in [1.82, 2.24) is 0 Å². The van der Waals surface area contributed by atoms with Crippen LogP contribution in [0, 0.1) is 11.3 Å². The number of carbonyl (C=O) groups is 1. The fraction of sp³-hybridized carbons (Fsp3) is 0.909. The zero-order chi connectivity index (χ0) is 10.8. The summed E-state index contributed by atoms with van der Waals surface area (Å²) in [7, 11) is 1.62. The van der Waals surface area contributed by atoms with Gasteiger partial charge in [0, 0.05) is 7.11 Å². The lowest BCUT2D eigenvalue weighted by atomic mass is 9.75. The molecule has 0 spiro atoms. The maximum atomic E-state index is 11.3. The van der Waals surface area contributed by atoms with Crippen molar-refractivity contribution in [3.8, 4) is 0 Å². The van der Waals surface area contributed by atoms with Crippen LogP contribution in [-0.2, 0) is 9.53 Å². The van der Waals surface area contributed by atoms with Gasteiger partial charge in [0.05, 0.1) is 11.5 Å². The summed E-state index contributed by atoms with van der Waals surface area (Å²) in [6, 6.07) is 0. The van der Waals surface area contributed by atoms with Gasteiger partial charge in [-0.2, -0.15) is 0 Å². The predicted octanol–water partition coefficient (Wildman–Crippen LogP) is 2.30. The smallest absolute Gasteiger partial charge is 0.312 e. The molecule has 0 saturated heterocycles. The van der Waals surface area contributed by atoms with Gasteiger partial charge in [-0.25, -0.2) is 0 Å². The SMILES string of the molecule is COC(C(C)C)C1(C(=O)O)CCCC1. The Balaban J connectivity index is 2.90. The molecule has 1 fully saturated rings. The molecule has 3 nitrogen and oxygen atoms in total. The summed E-state index contributed by atoms with van der Waals surface area (Å²) >= 11 is 0. The molecule has 1 N–H and O–H groups in total. The zero-order valence-electron chi connectivity index (χ0n) is 9.25. The molecule has 0 aliphatic heterocycles. The van der Waals surface area contributed by atoms with Gasteiger partial charge in [0.15, 0.2) is 0 Å². The molecule has 14 heavy (non-hydrogen) atoms. The van der Waals surface area contributed by atoms with Crippen LogP contribution >= 0.6 is 0 Å². The lowest BCUT2D eigenvalue weighted by molar-refractivity contribution is -0.160. The molecular weight excluding hydrogens is 180 g/mol. The molecule has 0 aromatic rings. The summed E-state index contributed by atoms with van der Waals surface area (Å²) in [6.07, 6.45) is 3.40. The Labute approximate surface area is 85.5 Å². The first-order valence-corrected chi connectivity index (χ1v) is 5.31. The standard InChI is InChI=1S/C11H20O3/c1-8(2)9(14-3)11(10(12)13)6-4-5-7-11/h8-9H,4-7H2,1-3H3,(H,12,13). The second kappa shape index (κ2) is 4.30. The maximum Gasteiger partial charge on any atom is 0.312 e. The molecule has 1 atom stereocenters. The number of carboxylic acid groups (broad SMARTS) is 1. The Morgan fingerprint density at radius 3 is 2.14 bits per heavy atom. The summed E-state index contributed by atoms with van der Waals surface area (Å²) in [5.74, 6) is -0.426. The van der Waals surface area contributed by atoms with E-state index in [0.717, 1.165) is 25.7 Å². The van der Waals surface area contributed by atoms with Gasteiger partial charge in [0.2, 0.25) is 0 Å². The zero-order valence-corrected chi connectivity index (χ0v) is 9.25. The molecule has 3 heteroatoms. The molecule has 0 aromatic heterocycles. The third-order valence-corrected chi connectivity index (χ3v) is 3.33. The molecule has 82 valence electrons. The molecule has 1 unspecified atom stereocenters. The highest BCUT2D eigenvalue weighted by Gasteiger charge is 2.49. The van der Waals surface area contributed by atoms with E-state index in [9.17, 15) is 9.90 Å². The van der Waals surface area contributed by atoms with Gasteiger partial charge in [-0.1, -0.05) is 26.7 Å². The number of hydrogen-bond donors (Lipinski definition) is 1.